The van der Waals surface area contributed by atoms with Gasteiger partial charge >= 0.3 is 0 Å². The van der Waals surface area contributed by atoms with Gasteiger partial charge < -0.3 is 10.6 Å². The Morgan fingerprint density at radius 1 is 1.56 bits per heavy atom. The summed E-state index contributed by atoms with van der Waals surface area (Å²) in [6, 6.07) is 5.41. The molecule has 6 heteroatoms. The fraction of sp³-hybridized carbons (Fsp3) is 0.500. The van der Waals surface area contributed by atoms with E-state index >= 15 is 0 Å². The van der Waals surface area contributed by atoms with Gasteiger partial charge in [0.05, 0.1) is 8.49 Å². The molecule has 5 nitrogen and oxygen atoms in total. The van der Waals surface area contributed by atoms with E-state index in [1.54, 1.807) is 6.07 Å². The lowest BCUT2D eigenvalue weighted by Crippen LogP contribution is -2.47. The Balaban J connectivity index is 2.19. The van der Waals surface area contributed by atoms with Gasteiger partial charge in [0.2, 0.25) is 0 Å². The van der Waals surface area contributed by atoms with Crippen LogP contribution in [0, 0.1) is 19.6 Å². The lowest BCUT2D eigenvalue weighted by atomic mass is 9.94. The highest BCUT2D eigenvalue weighted by Gasteiger charge is 2.24. The minimum absolute atomic E-state index is 0.161. The van der Waals surface area contributed by atoms with Gasteiger partial charge in [0.15, 0.2) is 0 Å². The molecule has 98 valence electrons. The normalized spacial score (nSPS) is 24.1. The molecule has 1 aromatic carbocycles. The summed E-state index contributed by atoms with van der Waals surface area (Å²) in [5.74, 6) is 0.540. The van der Waals surface area contributed by atoms with Crippen molar-refractivity contribution in [2.75, 3.05) is 18.0 Å². The van der Waals surface area contributed by atoms with Crippen molar-refractivity contribution in [3.05, 3.63) is 31.9 Å². The quantitative estimate of drug-likeness (QED) is 0.499. The van der Waals surface area contributed by atoms with Crippen LogP contribution in [-0.2, 0) is 0 Å². The second-order valence-electron chi connectivity index (χ2n) is 4.77. The maximum absolute atomic E-state index is 10.8. The summed E-state index contributed by atoms with van der Waals surface area (Å²) in [7, 11) is 0. The molecule has 1 aromatic rings. The molecule has 0 spiro atoms. The van der Waals surface area contributed by atoms with Crippen LogP contribution in [0.1, 0.15) is 13.3 Å². The van der Waals surface area contributed by atoms with E-state index in [4.69, 9.17) is 5.73 Å². The van der Waals surface area contributed by atoms with Crippen molar-refractivity contribution in [1.82, 2.24) is 0 Å². The number of nitro groups is 1. The summed E-state index contributed by atoms with van der Waals surface area (Å²) >= 11 is 2.01. The molecule has 0 radical (unpaired) electrons. The number of nitrogens with two attached hydrogens (primary N) is 1. The average molecular weight is 361 g/mol. The molecule has 2 N–H and O–H groups in total. The molecule has 0 bridgehead atoms. The molecule has 0 aliphatic carbocycles. The van der Waals surface area contributed by atoms with E-state index in [0.717, 1.165) is 25.2 Å². The summed E-state index contributed by atoms with van der Waals surface area (Å²) in [4.78, 5) is 12.6. The van der Waals surface area contributed by atoms with Crippen molar-refractivity contribution in [3.63, 3.8) is 0 Å². The zero-order valence-corrected chi connectivity index (χ0v) is 12.3. The number of rotatable bonds is 2. The number of piperidine rings is 1. The molecule has 0 aromatic heterocycles. The lowest BCUT2D eigenvalue weighted by Gasteiger charge is -2.36. The van der Waals surface area contributed by atoms with E-state index in [1.165, 1.54) is 0 Å². The van der Waals surface area contributed by atoms with Gasteiger partial charge in [-0.05, 0) is 47.1 Å². The SMILES string of the molecule is CC1CCN(c2ccc([N+](=O)[O-])c(I)c2)CC1N. The monoisotopic (exact) mass is 361 g/mol. The summed E-state index contributed by atoms with van der Waals surface area (Å²) in [6.45, 7) is 3.94. The number of nitro benzene ring substituents is 1. The summed E-state index contributed by atoms with van der Waals surface area (Å²) < 4.78 is 0.669. The highest BCUT2D eigenvalue weighted by molar-refractivity contribution is 14.1. The third-order valence-electron chi connectivity index (χ3n) is 3.51. The maximum Gasteiger partial charge on any atom is 0.282 e. The van der Waals surface area contributed by atoms with E-state index in [9.17, 15) is 10.1 Å². The van der Waals surface area contributed by atoms with Crippen LogP contribution < -0.4 is 10.6 Å². The second kappa shape index (κ2) is 5.40. The predicted octanol–water partition coefficient (Wildman–Crippen LogP) is 2.37. The first-order valence-electron chi connectivity index (χ1n) is 5.93. The van der Waals surface area contributed by atoms with Crippen LogP contribution >= 0.6 is 22.6 Å². The number of benzene rings is 1. The van der Waals surface area contributed by atoms with Gasteiger partial charge in [0.25, 0.3) is 5.69 Å². The first-order chi connectivity index (χ1) is 8.49. The fourth-order valence-corrected chi connectivity index (χ4v) is 2.87. The molecule has 1 heterocycles. The lowest BCUT2D eigenvalue weighted by molar-refractivity contribution is -0.385. The molecule has 1 aliphatic rings. The Morgan fingerprint density at radius 3 is 2.83 bits per heavy atom. The number of hydrogen-bond acceptors (Lipinski definition) is 4. The Morgan fingerprint density at radius 2 is 2.28 bits per heavy atom. The molecule has 1 saturated heterocycles. The van der Waals surface area contributed by atoms with E-state index in [0.29, 0.717) is 9.49 Å². The first kappa shape index (κ1) is 13.5. The molecule has 1 aliphatic heterocycles. The smallest absolute Gasteiger partial charge is 0.282 e. The molecule has 2 unspecified atom stereocenters. The Kier molecular flexibility index (Phi) is 4.06. The average Bonchev–Trinajstić information content (AvgIpc) is 2.32. The Hall–Kier alpha value is -0.890. The van der Waals surface area contributed by atoms with E-state index in [2.05, 4.69) is 11.8 Å². The van der Waals surface area contributed by atoms with Gasteiger partial charge in [-0.1, -0.05) is 6.92 Å². The van der Waals surface area contributed by atoms with Gasteiger partial charge in [-0.3, -0.25) is 10.1 Å². The van der Waals surface area contributed by atoms with Gasteiger partial charge in [-0.25, -0.2) is 0 Å². The first-order valence-corrected chi connectivity index (χ1v) is 7.01. The number of nitrogens with zero attached hydrogens (tertiary/aromatic N) is 2. The highest BCUT2D eigenvalue weighted by atomic mass is 127. The van der Waals surface area contributed by atoms with Crippen molar-refractivity contribution in [2.24, 2.45) is 11.7 Å². The van der Waals surface area contributed by atoms with Crippen molar-refractivity contribution < 1.29 is 4.92 Å². The van der Waals surface area contributed by atoms with Gasteiger partial charge in [0.1, 0.15) is 0 Å². The standard InChI is InChI=1S/C12H16IN3O2/c1-8-4-5-15(7-11(8)14)9-2-3-12(16(17)18)10(13)6-9/h2-3,6,8,11H,4-5,7,14H2,1H3. The third-order valence-corrected chi connectivity index (χ3v) is 4.37. The summed E-state index contributed by atoms with van der Waals surface area (Å²) in [6.07, 6.45) is 1.06. The Labute approximate surface area is 120 Å². The minimum Gasteiger partial charge on any atom is -0.370 e. The van der Waals surface area contributed by atoms with Gasteiger partial charge in [-0.15, -0.1) is 0 Å². The maximum atomic E-state index is 10.8. The fourth-order valence-electron chi connectivity index (χ4n) is 2.17. The van der Waals surface area contributed by atoms with Crippen molar-refractivity contribution in [2.45, 2.75) is 19.4 Å². The topological polar surface area (TPSA) is 72.4 Å². The molecule has 18 heavy (non-hydrogen) atoms. The molecular weight excluding hydrogens is 345 g/mol. The second-order valence-corrected chi connectivity index (χ2v) is 5.93. The van der Waals surface area contributed by atoms with Crippen molar-refractivity contribution >= 4 is 34.0 Å². The number of halogens is 1. The van der Waals surface area contributed by atoms with Crippen molar-refractivity contribution in [3.8, 4) is 0 Å². The van der Waals surface area contributed by atoms with Crippen LogP contribution in [0.2, 0.25) is 0 Å². The Bertz CT molecular complexity index is 467. The van der Waals surface area contributed by atoms with Crippen LogP contribution in [0.3, 0.4) is 0 Å². The molecule has 0 amide bonds. The van der Waals surface area contributed by atoms with Gasteiger partial charge in [0, 0.05) is 30.9 Å². The molecule has 2 rings (SSSR count). The van der Waals surface area contributed by atoms with E-state index in [-0.39, 0.29) is 16.7 Å². The minimum atomic E-state index is -0.352. The summed E-state index contributed by atoms with van der Waals surface area (Å²) in [5.41, 5.74) is 7.25. The largest absolute Gasteiger partial charge is 0.370 e. The zero-order chi connectivity index (χ0) is 13.3. The number of hydrogen-bond donors (Lipinski definition) is 1. The van der Waals surface area contributed by atoms with Crippen LogP contribution in [0.5, 0.6) is 0 Å². The predicted molar refractivity (Wildman–Crippen MR) is 79.8 cm³/mol. The van der Waals surface area contributed by atoms with E-state index in [1.807, 2.05) is 34.7 Å². The zero-order valence-electron chi connectivity index (χ0n) is 10.2. The van der Waals surface area contributed by atoms with Crippen LogP contribution in [0.15, 0.2) is 18.2 Å². The van der Waals surface area contributed by atoms with Crippen LogP contribution in [-0.4, -0.2) is 24.1 Å². The summed E-state index contributed by atoms with van der Waals surface area (Å²) in [5, 5.41) is 10.8. The third kappa shape index (κ3) is 2.74. The molecule has 2 atom stereocenters. The van der Waals surface area contributed by atoms with Gasteiger partial charge in [-0.2, -0.15) is 0 Å². The van der Waals surface area contributed by atoms with Crippen LogP contribution in [0.25, 0.3) is 0 Å². The van der Waals surface area contributed by atoms with Crippen LogP contribution in [0.4, 0.5) is 11.4 Å². The molecule has 0 saturated carbocycles. The van der Waals surface area contributed by atoms with Crippen molar-refractivity contribution in [1.29, 1.82) is 0 Å². The molecule has 1 fully saturated rings. The molecular formula is C12H16IN3O2. The highest BCUT2D eigenvalue weighted by Crippen LogP contribution is 2.28. The number of anilines is 1. The van der Waals surface area contributed by atoms with E-state index < -0.39 is 0 Å².